The van der Waals surface area contributed by atoms with Crippen LogP contribution in [0.1, 0.15) is 22.8 Å². The molecule has 0 bridgehead atoms. The molecule has 0 aliphatic carbocycles. The van der Waals surface area contributed by atoms with E-state index in [0.29, 0.717) is 23.6 Å². The first-order chi connectivity index (χ1) is 15.0. The van der Waals surface area contributed by atoms with Gasteiger partial charge < -0.3 is 9.64 Å². The second-order valence-corrected chi connectivity index (χ2v) is 7.89. The summed E-state index contributed by atoms with van der Waals surface area (Å²) in [5, 5.41) is 3.32. The van der Waals surface area contributed by atoms with Crippen molar-refractivity contribution in [1.82, 2.24) is 24.6 Å². The summed E-state index contributed by atoms with van der Waals surface area (Å²) in [6.07, 6.45) is 1.58. The Balaban J connectivity index is 1.35. The summed E-state index contributed by atoms with van der Waals surface area (Å²) in [6.45, 7) is 8.32. The van der Waals surface area contributed by atoms with Gasteiger partial charge in [-0.2, -0.15) is 4.98 Å². The Morgan fingerprint density at radius 1 is 1.13 bits per heavy atom. The number of nitrogens with one attached hydrogen (secondary N) is 1. The number of benzene rings is 1. The van der Waals surface area contributed by atoms with Crippen LogP contribution in [-0.4, -0.2) is 63.4 Å². The van der Waals surface area contributed by atoms with Crippen molar-refractivity contribution in [3.05, 3.63) is 58.5 Å². The van der Waals surface area contributed by atoms with Gasteiger partial charge in [0.1, 0.15) is 5.82 Å². The van der Waals surface area contributed by atoms with E-state index >= 15 is 0 Å². The third kappa shape index (κ3) is 5.00. The maximum absolute atomic E-state index is 11.8. The molecule has 0 unspecified atom stereocenters. The van der Waals surface area contributed by atoms with Gasteiger partial charge in [0.15, 0.2) is 5.82 Å². The molecule has 4 rings (SSSR count). The molecule has 0 spiro atoms. The quantitative estimate of drug-likeness (QED) is 0.467. The monoisotopic (exact) mass is 438 g/mol. The van der Waals surface area contributed by atoms with Gasteiger partial charge in [-0.25, -0.2) is 14.5 Å². The Kier molecular flexibility index (Phi) is 6.43. The van der Waals surface area contributed by atoms with E-state index in [2.05, 4.69) is 43.9 Å². The third-order valence-electron chi connectivity index (χ3n) is 5.30. The Bertz CT molecular complexity index is 1080. The van der Waals surface area contributed by atoms with Crippen LogP contribution < -0.4 is 4.90 Å². The molecular formula is C22H26N6O2S. The fraction of sp³-hybridized carbons (Fsp3) is 0.364. The van der Waals surface area contributed by atoms with Crippen LogP contribution in [0, 0.1) is 11.7 Å². The van der Waals surface area contributed by atoms with Crippen LogP contribution in [0.4, 0.5) is 5.82 Å². The van der Waals surface area contributed by atoms with Crippen molar-refractivity contribution in [1.29, 1.82) is 0 Å². The number of H-pyrrole nitrogens is 1. The second kappa shape index (κ2) is 9.40. The van der Waals surface area contributed by atoms with E-state index in [1.165, 1.54) is 5.56 Å². The molecule has 3 aromatic rings. The molecule has 3 heterocycles. The summed E-state index contributed by atoms with van der Waals surface area (Å²) >= 11 is 5.45. The molecule has 9 heteroatoms. The average Bonchev–Trinajstić information content (AvgIpc) is 3.15. The zero-order chi connectivity index (χ0) is 21.8. The summed E-state index contributed by atoms with van der Waals surface area (Å²) in [5.41, 5.74) is 2.71. The van der Waals surface area contributed by atoms with E-state index in [9.17, 15) is 4.79 Å². The number of nitrogens with zero attached hydrogens (tertiary/aromatic N) is 5. The molecule has 31 heavy (non-hydrogen) atoms. The Morgan fingerprint density at radius 3 is 2.52 bits per heavy atom. The number of rotatable bonds is 6. The number of anilines is 1. The molecule has 1 aliphatic heterocycles. The minimum atomic E-state index is -0.340. The molecule has 8 nitrogen and oxygen atoms in total. The van der Waals surface area contributed by atoms with Crippen molar-refractivity contribution >= 4 is 24.0 Å². The summed E-state index contributed by atoms with van der Waals surface area (Å²) in [6, 6.07) is 11.9. The van der Waals surface area contributed by atoms with E-state index in [0.717, 1.165) is 43.4 Å². The lowest BCUT2D eigenvalue weighted by Crippen LogP contribution is -2.47. The zero-order valence-electron chi connectivity index (χ0n) is 17.7. The van der Waals surface area contributed by atoms with Crippen LogP contribution in [0.5, 0.6) is 0 Å². The number of pyridine rings is 1. The van der Waals surface area contributed by atoms with Gasteiger partial charge in [-0.05, 0) is 38.2 Å². The third-order valence-corrected chi connectivity index (χ3v) is 5.61. The van der Waals surface area contributed by atoms with E-state index in [1.54, 1.807) is 19.2 Å². The fourth-order valence-electron chi connectivity index (χ4n) is 3.52. The molecule has 1 N–H and O–H groups in total. The molecule has 0 atom stereocenters. The van der Waals surface area contributed by atoms with Gasteiger partial charge in [0.25, 0.3) is 0 Å². The number of aromatic nitrogens is 4. The number of hydrogen-bond donors (Lipinski definition) is 1. The first-order valence-corrected chi connectivity index (χ1v) is 10.8. The summed E-state index contributed by atoms with van der Waals surface area (Å²) in [4.78, 5) is 25.3. The van der Waals surface area contributed by atoms with Gasteiger partial charge in [-0.3, -0.25) is 10.00 Å². The van der Waals surface area contributed by atoms with Gasteiger partial charge in [-0.1, -0.05) is 29.8 Å². The highest BCUT2D eigenvalue weighted by atomic mass is 32.1. The number of aryl methyl sites for hydroxylation is 1. The van der Waals surface area contributed by atoms with E-state index in [4.69, 9.17) is 17.0 Å². The largest absolute Gasteiger partial charge is 0.462 e. The maximum Gasteiger partial charge on any atom is 0.339 e. The SMILES string of the molecule is CCOC(=O)c1ccc(N2CCN(Cn3[nH]c(-c4ccc(C)cc4)nc3=S)CC2)nc1. The van der Waals surface area contributed by atoms with E-state index in [1.807, 2.05) is 22.9 Å². The lowest BCUT2D eigenvalue weighted by molar-refractivity contribution is 0.0526. The van der Waals surface area contributed by atoms with Gasteiger partial charge >= 0.3 is 5.97 Å². The molecule has 162 valence electrons. The van der Waals surface area contributed by atoms with Crippen molar-refractivity contribution in [2.75, 3.05) is 37.7 Å². The topological polar surface area (TPSA) is 79.3 Å². The number of aromatic amines is 1. The first kappa shape index (κ1) is 21.2. The van der Waals surface area contributed by atoms with Crippen molar-refractivity contribution in [3.8, 4) is 11.4 Å². The lowest BCUT2D eigenvalue weighted by Gasteiger charge is -2.35. The standard InChI is InChI=1S/C22H26N6O2S/c1-3-30-21(29)18-8-9-19(23-14-18)27-12-10-26(11-13-27)15-28-22(31)24-20(25-28)17-6-4-16(2)5-7-17/h4-9,14H,3,10-13,15H2,1-2H3,(H,24,25,31). The van der Waals surface area contributed by atoms with Crippen LogP contribution in [0.15, 0.2) is 42.6 Å². The lowest BCUT2D eigenvalue weighted by atomic mass is 10.1. The van der Waals surface area contributed by atoms with Crippen LogP contribution in [0.2, 0.25) is 0 Å². The van der Waals surface area contributed by atoms with Crippen molar-refractivity contribution in [2.24, 2.45) is 0 Å². The second-order valence-electron chi connectivity index (χ2n) is 7.52. The van der Waals surface area contributed by atoms with Crippen molar-refractivity contribution in [3.63, 3.8) is 0 Å². The number of carbonyl (C=O) groups excluding carboxylic acids is 1. The van der Waals surface area contributed by atoms with Gasteiger partial charge in [0.05, 0.1) is 18.8 Å². The van der Waals surface area contributed by atoms with Gasteiger partial charge in [0.2, 0.25) is 4.77 Å². The molecule has 0 amide bonds. The van der Waals surface area contributed by atoms with Crippen LogP contribution in [-0.2, 0) is 11.4 Å². The first-order valence-electron chi connectivity index (χ1n) is 10.4. The Hall–Kier alpha value is -3.04. The molecule has 1 aliphatic rings. The maximum atomic E-state index is 11.8. The smallest absolute Gasteiger partial charge is 0.339 e. The van der Waals surface area contributed by atoms with E-state index in [-0.39, 0.29) is 5.97 Å². The molecule has 1 saturated heterocycles. The molecule has 1 aromatic carbocycles. The number of hydrogen-bond acceptors (Lipinski definition) is 7. The minimum absolute atomic E-state index is 0.340. The summed E-state index contributed by atoms with van der Waals surface area (Å²) in [5.74, 6) is 1.31. The van der Waals surface area contributed by atoms with Crippen LogP contribution in [0.25, 0.3) is 11.4 Å². The van der Waals surface area contributed by atoms with Crippen LogP contribution in [0.3, 0.4) is 0 Å². The number of carbonyl (C=O) groups is 1. The van der Waals surface area contributed by atoms with Gasteiger partial charge in [-0.15, -0.1) is 0 Å². The van der Waals surface area contributed by atoms with Crippen LogP contribution >= 0.6 is 12.2 Å². The number of ether oxygens (including phenoxy) is 1. The summed E-state index contributed by atoms with van der Waals surface area (Å²) < 4.78 is 7.47. The zero-order valence-corrected chi connectivity index (χ0v) is 18.6. The number of esters is 1. The highest BCUT2D eigenvalue weighted by Gasteiger charge is 2.19. The average molecular weight is 439 g/mol. The predicted octanol–water partition coefficient (Wildman–Crippen LogP) is 3.27. The molecular weight excluding hydrogens is 412 g/mol. The normalized spacial score (nSPS) is 14.6. The molecule has 1 fully saturated rings. The number of piperazine rings is 1. The van der Waals surface area contributed by atoms with E-state index < -0.39 is 0 Å². The van der Waals surface area contributed by atoms with Gasteiger partial charge in [0, 0.05) is 37.9 Å². The fourth-order valence-corrected chi connectivity index (χ4v) is 3.71. The van der Waals surface area contributed by atoms with Crippen molar-refractivity contribution in [2.45, 2.75) is 20.5 Å². The summed E-state index contributed by atoms with van der Waals surface area (Å²) in [7, 11) is 0. The minimum Gasteiger partial charge on any atom is -0.462 e. The molecule has 2 aromatic heterocycles. The van der Waals surface area contributed by atoms with Crippen molar-refractivity contribution < 1.29 is 9.53 Å². The Labute approximate surface area is 186 Å². The molecule has 0 radical (unpaired) electrons. The highest BCUT2D eigenvalue weighted by molar-refractivity contribution is 7.71. The highest BCUT2D eigenvalue weighted by Crippen LogP contribution is 2.17. The Morgan fingerprint density at radius 2 is 1.87 bits per heavy atom. The predicted molar refractivity (Wildman–Crippen MR) is 122 cm³/mol. The molecule has 0 saturated carbocycles.